The Morgan fingerprint density at radius 1 is 0.533 bits per heavy atom. The predicted octanol–water partition coefficient (Wildman–Crippen LogP) is 14.6. The van der Waals surface area contributed by atoms with Crippen molar-refractivity contribution in [2.24, 2.45) is 0 Å². The van der Waals surface area contributed by atoms with Crippen LogP contribution >= 0.6 is 0 Å². The number of amides is 1. The normalized spacial score (nSPS) is 19.6. The SMILES string of the molecule is CC/C=C/C=C/C=C/CCCCCCCCC(O)C(=O)NC(COC1OC(CO)C(O)C(O)C1OC(=O)CCCCCCCCCCC/C=C/CCCCCCCC)C(O)/C=C/CCCCCCCCCCCCC. The number of esters is 1. The van der Waals surface area contributed by atoms with Crippen LogP contribution in [0.15, 0.2) is 60.8 Å². The van der Waals surface area contributed by atoms with E-state index in [0.717, 1.165) is 83.5 Å². The van der Waals surface area contributed by atoms with Crippen molar-refractivity contribution in [2.75, 3.05) is 13.2 Å². The standard InChI is InChI=1S/C64H115NO10/c1-4-7-10-13-16-19-22-25-27-28-29-30-31-34-37-40-43-46-49-52-59(69)75-62-61(71)60(70)58(53-66)74-64(62)73-54-55(56(67)50-47-44-41-38-35-32-24-21-18-15-12-9-6-3)65-63(72)57(68)51-48-45-42-39-36-33-26-23-20-17-14-11-8-5-2/h8,11,14,17,20,23,25,27,47,50,55-58,60-62,64,66-68,70-71H,4-7,9-10,12-13,15-16,18-19,21-22,24,26,28-46,48-49,51-54H2,1-3H3,(H,65,72)/b11-8+,17-14+,23-20+,27-25+,50-47+. The number of hydrogen-bond donors (Lipinski definition) is 6. The van der Waals surface area contributed by atoms with E-state index in [4.69, 9.17) is 14.2 Å². The van der Waals surface area contributed by atoms with Crippen LogP contribution in [0.3, 0.4) is 0 Å². The number of allylic oxidation sites excluding steroid dienone is 9. The monoisotopic (exact) mass is 1060 g/mol. The third kappa shape index (κ3) is 40.2. The molecular weight excluding hydrogens is 943 g/mol. The van der Waals surface area contributed by atoms with Gasteiger partial charge in [-0.15, -0.1) is 0 Å². The molecule has 11 heteroatoms. The molecule has 1 heterocycles. The minimum absolute atomic E-state index is 0.119. The molecule has 1 aliphatic rings. The van der Waals surface area contributed by atoms with Crippen molar-refractivity contribution >= 4 is 11.9 Å². The molecule has 1 rings (SSSR count). The van der Waals surface area contributed by atoms with Gasteiger partial charge in [-0.25, -0.2) is 0 Å². The molecule has 0 aliphatic carbocycles. The van der Waals surface area contributed by atoms with Crippen LogP contribution in [0.25, 0.3) is 0 Å². The van der Waals surface area contributed by atoms with E-state index in [1.54, 1.807) is 6.08 Å². The summed E-state index contributed by atoms with van der Waals surface area (Å²) in [7, 11) is 0. The van der Waals surface area contributed by atoms with Gasteiger partial charge in [0.05, 0.1) is 25.4 Å². The molecule has 0 aromatic rings. The molecule has 11 nitrogen and oxygen atoms in total. The summed E-state index contributed by atoms with van der Waals surface area (Å²) in [6, 6.07) is -1.03. The van der Waals surface area contributed by atoms with Gasteiger partial charge in [-0.1, -0.05) is 255 Å². The molecule has 0 aromatic heterocycles. The number of rotatable bonds is 52. The lowest BCUT2D eigenvalue weighted by atomic mass is 9.99. The second kappa shape index (κ2) is 52.1. The van der Waals surface area contributed by atoms with Gasteiger partial charge in [0.2, 0.25) is 5.91 Å². The zero-order valence-corrected chi connectivity index (χ0v) is 48.2. The van der Waals surface area contributed by atoms with Crippen LogP contribution in [0.2, 0.25) is 0 Å². The summed E-state index contributed by atoms with van der Waals surface area (Å²) >= 11 is 0. The van der Waals surface area contributed by atoms with Gasteiger partial charge in [0.1, 0.15) is 24.4 Å². The van der Waals surface area contributed by atoms with Crippen LogP contribution in [-0.2, 0) is 23.8 Å². The van der Waals surface area contributed by atoms with E-state index in [1.807, 2.05) is 18.2 Å². The van der Waals surface area contributed by atoms with Gasteiger partial charge in [0.25, 0.3) is 0 Å². The highest BCUT2D eigenvalue weighted by Gasteiger charge is 2.47. The Kier molecular flexibility index (Phi) is 48.9. The molecule has 8 atom stereocenters. The summed E-state index contributed by atoms with van der Waals surface area (Å²) in [6.07, 6.45) is 54.0. The third-order valence-corrected chi connectivity index (χ3v) is 14.5. The molecular formula is C64H115NO10. The fraction of sp³-hybridized carbons (Fsp3) is 0.812. The Morgan fingerprint density at radius 2 is 0.973 bits per heavy atom. The van der Waals surface area contributed by atoms with E-state index in [1.165, 1.54) is 141 Å². The van der Waals surface area contributed by atoms with Crippen molar-refractivity contribution in [3.8, 4) is 0 Å². The van der Waals surface area contributed by atoms with Crippen LogP contribution in [-0.4, -0.2) is 99.6 Å². The van der Waals surface area contributed by atoms with Crippen molar-refractivity contribution in [3.63, 3.8) is 0 Å². The van der Waals surface area contributed by atoms with Gasteiger partial charge in [0.15, 0.2) is 12.4 Å². The summed E-state index contributed by atoms with van der Waals surface area (Å²) in [4.78, 5) is 26.5. The van der Waals surface area contributed by atoms with Crippen LogP contribution in [0.5, 0.6) is 0 Å². The first-order chi connectivity index (χ1) is 36.7. The molecule has 8 unspecified atom stereocenters. The highest BCUT2D eigenvalue weighted by atomic mass is 16.7. The minimum Gasteiger partial charge on any atom is -0.454 e. The Balaban J connectivity index is 2.68. The van der Waals surface area contributed by atoms with Crippen LogP contribution < -0.4 is 5.32 Å². The Labute approximate surface area is 458 Å². The molecule has 0 bridgehead atoms. The van der Waals surface area contributed by atoms with Crippen molar-refractivity contribution < 1.29 is 49.3 Å². The molecule has 1 saturated heterocycles. The number of hydrogen-bond acceptors (Lipinski definition) is 10. The Hall–Kier alpha value is -2.64. The average molecular weight is 1060 g/mol. The van der Waals surface area contributed by atoms with E-state index < -0.39 is 67.4 Å². The lowest BCUT2D eigenvalue weighted by Gasteiger charge is -2.41. The van der Waals surface area contributed by atoms with Gasteiger partial charge < -0.3 is 45.1 Å². The number of nitrogens with one attached hydrogen (secondary N) is 1. The van der Waals surface area contributed by atoms with Crippen LogP contribution in [0, 0.1) is 0 Å². The number of carbonyl (C=O) groups is 2. The first kappa shape index (κ1) is 70.4. The van der Waals surface area contributed by atoms with E-state index >= 15 is 0 Å². The number of carbonyl (C=O) groups excluding carboxylic acids is 2. The maximum absolute atomic E-state index is 13.4. The minimum atomic E-state index is -1.62. The summed E-state index contributed by atoms with van der Waals surface area (Å²) < 4.78 is 17.6. The number of aliphatic hydroxyl groups is 5. The maximum Gasteiger partial charge on any atom is 0.306 e. The van der Waals surface area contributed by atoms with Gasteiger partial charge in [-0.05, 0) is 70.6 Å². The Bertz CT molecular complexity index is 1450. The van der Waals surface area contributed by atoms with E-state index in [0.29, 0.717) is 12.8 Å². The predicted molar refractivity (Wildman–Crippen MR) is 310 cm³/mol. The van der Waals surface area contributed by atoms with Crippen molar-refractivity contribution in [1.29, 1.82) is 0 Å². The first-order valence-corrected chi connectivity index (χ1v) is 31.1. The fourth-order valence-corrected chi connectivity index (χ4v) is 9.53. The molecule has 0 aromatic carbocycles. The van der Waals surface area contributed by atoms with Gasteiger partial charge in [-0.2, -0.15) is 0 Å². The number of ether oxygens (including phenoxy) is 3. The van der Waals surface area contributed by atoms with Gasteiger partial charge >= 0.3 is 5.97 Å². The largest absolute Gasteiger partial charge is 0.454 e. The summed E-state index contributed by atoms with van der Waals surface area (Å²) in [5.41, 5.74) is 0. The average Bonchev–Trinajstić information content (AvgIpc) is 3.41. The Morgan fingerprint density at radius 3 is 1.47 bits per heavy atom. The number of unbranched alkanes of at least 4 members (excludes halogenated alkanes) is 32. The molecule has 436 valence electrons. The molecule has 1 amide bonds. The molecule has 75 heavy (non-hydrogen) atoms. The number of aliphatic hydroxyl groups excluding tert-OH is 5. The second-order valence-corrected chi connectivity index (χ2v) is 21.5. The zero-order chi connectivity index (χ0) is 54.7. The highest BCUT2D eigenvalue weighted by Crippen LogP contribution is 2.26. The lowest BCUT2D eigenvalue weighted by Crippen LogP contribution is -2.61. The van der Waals surface area contributed by atoms with Crippen molar-refractivity contribution in [3.05, 3.63) is 60.8 Å². The first-order valence-electron chi connectivity index (χ1n) is 31.1. The van der Waals surface area contributed by atoms with E-state index in [-0.39, 0.29) is 19.4 Å². The van der Waals surface area contributed by atoms with Crippen LogP contribution in [0.4, 0.5) is 0 Å². The molecule has 1 aliphatic heterocycles. The molecule has 6 N–H and O–H groups in total. The van der Waals surface area contributed by atoms with Gasteiger partial charge in [0, 0.05) is 6.42 Å². The fourth-order valence-electron chi connectivity index (χ4n) is 9.53. The topological polar surface area (TPSA) is 175 Å². The van der Waals surface area contributed by atoms with Crippen LogP contribution in [0.1, 0.15) is 271 Å². The molecule has 1 fully saturated rings. The maximum atomic E-state index is 13.4. The lowest BCUT2D eigenvalue weighted by molar-refractivity contribution is -0.305. The summed E-state index contributed by atoms with van der Waals surface area (Å²) in [6.45, 7) is 5.66. The van der Waals surface area contributed by atoms with Crippen molar-refractivity contribution in [2.45, 2.75) is 320 Å². The van der Waals surface area contributed by atoms with E-state index in [2.05, 4.69) is 62.5 Å². The third-order valence-electron chi connectivity index (χ3n) is 14.5. The van der Waals surface area contributed by atoms with Crippen molar-refractivity contribution in [1.82, 2.24) is 5.32 Å². The summed E-state index contributed by atoms with van der Waals surface area (Å²) in [5.74, 6) is -1.21. The summed E-state index contributed by atoms with van der Waals surface area (Å²) in [5, 5.41) is 57.0. The zero-order valence-electron chi connectivity index (χ0n) is 48.2. The van der Waals surface area contributed by atoms with Gasteiger partial charge in [-0.3, -0.25) is 9.59 Å². The molecule has 0 spiro atoms. The van der Waals surface area contributed by atoms with E-state index in [9.17, 15) is 35.1 Å². The second-order valence-electron chi connectivity index (χ2n) is 21.5. The smallest absolute Gasteiger partial charge is 0.306 e. The highest BCUT2D eigenvalue weighted by molar-refractivity contribution is 5.80. The molecule has 0 radical (unpaired) electrons. The quantitative estimate of drug-likeness (QED) is 0.0149. The molecule has 0 saturated carbocycles.